The molecule has 1 aromatic carbocycles. The molecule has 0 saturated carbocycles. The van der Waals surface area contributed by atoms with Crippen LogP contribution in [0.2, 0.25) is 0 Å². The fraction of sp³-hybridized carbons (Fsp3) is 0.350. The largest absolute Gasteiger partial charge is 0.309 e. The Morgan fingerprint density at radius 2 is 2.23 bits per heavy atom. The third-order valence-corrected chi connectivity index (χ3v) is 6.99. The molecule has 1 aliphatic carbocycles. The molecule has 2 aromatic heterocycles. The van der Waals surface area contributed by atoms with Crippen LogP contribution in [-0.2, 0) is 24.3 Å². The van der Waals surface area contributed by atoms with Crippen LogP contribution in [0.15, 0.2) is 29.1 Å². The molecule has 132 valence electrons. The van der Waals surface area contributed by atoms with E-state index in [2.05, 4.69) is 18.0 Å². The van der Waals surface area contributed by atoms with Crippen LogP contribution >= 0.6 is 23.1 Å². The highest BCUT2D eigenvalue weighted by atomic mass is 32.2. The summed E-state index contributed by atoms with van der Waals surface area (Å²) in [4.78, 5) is 22.5. The SMILES string of the molecule is C[C@@H]1CCc2c(sc3nc(CSCc4ccccc4C#N)[nH]c(=O)c23)C1. The van der Waals surface area contributed by atoms with E-state index in [1.54, 1.807) is 23.1 Å². The molecule has 0 spiro atoms. The topological polar surface area (TPSA) is 69.5 Å². The van der Waals surface area contributed by atoms with Crippen molar-refractivity contribution in [2.45, 2.75) is 37.7 Å². The Kier molecular flexibility index (Phi) is 4.84. The number of benzene rings is 1. The Bertz CT molecular complexity index is 1060. The summed E-state index contributed by atoms with van der Waals surface area (Å²) in [5.41, 5.74) is 2.94. The van der Waals surface area contributed by atoms with Crippen LogP contribution in [-0.4, -0.2) is 9.97 Å². The molecule has 0 radical (unpaired) electrons. The first-order chi connectivity index (χ1) is 12.7. The zero-order chi connectivity index (χ0) is 18.1. The molecule has 0 saturated heterocycles. The summed E-state index contributed by atoms with van der Waals surface area (Å²) in [6.07, 6.45) is 3.19. The molecule has 0 unspecified atom stereocenters. The van der Waals surface area contributed by atoms with Crippen LogP contribution in [0.25, 0.3) is 10.2 Å². The van der Waals surface area contributed by atoms with Crippen LogP contribution in [0.4, 0.5) is 0 Å². The standard InChI is InChI=1S/C20H19N3OS2/c1-12-6-7-15-16(8-12)26-20-18(15)19(24)22-17(23-20)11-25-10-14-5-3-2-4-13(14)9-21/h2-5,12H,6-8,10-11H2,1H3,(H,22,23,24)/t12-/m1/s1. The number of H-pyrrole nitrogens is 1. The molecule has 1 atom stereocenters. The predicted molar refractivity (Wildman–Crippen MR) is 108 cm³/mol. The van der Waals surface area contributed by atoms with Crippen LogP contribution in [0.3, 0.4) is 0 Å². The lowest BCUT2D eigenvalue weighted by molar-refractivity contribution is 0.509. The molecular formula is C20H19N3OS2. The zero-order valence-corrected chi connectivity index (χ0v) is 16.2. The van der Waals surface area contributed by atoms with E-state index in [1.807, 2.05) is 24.3 Å². The predicted octanol–water partition coefficient (Wildman–Crippen LogP) is 4.41. The van der Waals surface area contributed by atoms with E-state index in [9.17, 15) is 10.1 Å². The highest BCUT2D eigenvalue weighted by molar-refractivity contribution is 7.97. The van der Waals surface area contributed by atoms with Crippen molar-refractivity contribution in [3.63, 3.8) is 0 Å². The summed E-state index contributed by atoms with van der Waals surface area (Å²) in [5.74, 6) is 2.76. The Labute approximate surface area is 160 Å². The number of fused-ring (bicyclic) bond motifs is 3. The Hall–Kier alpha value is -2.10. The van der Waals surface area contributed by atoms with Gasteiger partial charge in [-0.1, -0.05) is 25.1 Å². The summed E-state index contributed by atoms with van der Waals surface area (Å²) in [6.45, 7) is 2.27. The maximum absolute atomic E-state index is 12.6. The van der Waals surface area contributed by atoms with E-state index in [0.29, 0.717) is 23.1 Å². The summed E-state index contributed by atoms with van der Waals surface area (Å²) >= 11 is 3.35. The molecule has 0 bridgehead atoms. The van der Waals surface area contributed by atoms with Crippen molar-refractivity contribution >= 4 is 33.3 Å². The van der Waals surface area contributed by atoms with Crippen molar-refractivity contribution in [3.05, 3.63) is 62.0 Å². The van der Waals surface area contributed by atoms with E-state index in [4.69, 9.17) is 4.98 Å². The smallest absolute Gasteiger partial charge is 0.259 e. The first-order valence-corrected chi connectivity index (χ1v) is 10.7. The number of hydrogen-bond donors (Lipinski definition) is 1. The van der Waals surface area contributed by atoms with Gasteiger partial charge in [0.15, 0.2) is 0 Å². The second-order valence-corrected chi connectivity index (χ2v) is 8.88. The maximum atomic E-state index is 12.6. The van der Waals surface area contributed by atoms with Gasteiger partial charge >= 0.3 is 0 Å². The molecular weight excluding hydrogens is 362 g/mol. The zero-order valence-electron chi connectivity index (χ0n) is 14.5. The van der Waals surface area contributed by atoms with Crippen LogP contribution in [0, 0.1) is 17.2 Å². The Morgan fingerprint density at radius 3 is 3.08 bits per heavy atom. The number of thioether (sulfide) groups is 1. The minimum Gasteiger partial charge on any atom is -0.309 e. The van der Waals surface area contributed by atoms with Gasteiger partial charge in [-0.15, -0.1) is 23.1 Å². The second kappa shape index (κ2) is 7.26. The van der Waals surface area contributed by atoms with E-state index in [-0.39, 0.29) is 5.56 Å². The number of aromatic nitrogens is 2. The van der Waals surface area contributed by atoms with Gasteiger partial charge in [-0.25, -0.2) is 4.98 Å². The van der Waals surface area contributed by atoms with Crippen molar-refractivity contribution in [2.24, 2.45) is 5.92 Å². The molecule has 26 heavy (non-hydrogen) atoms. The summed E-state index contributed by atoms with van der Waals surface area (Å²) in [5, 5.41) is 9.98. The van der Waals surface area contributed by atoms with Crippen LogP contribution in [0.5, 0.6) is 0 Å². The quantitative estimate of drug-likeness (QED) is 0.726. The number of nitriles is 1. The molecule has 6 heteroatoms. The number of nitrogens with one attached hydrogen (secondary N) is 1. The van der Waals surface area contributed by atoms with Crippen LogP contribution in [0.1, 0.15) is 40.7 Å². The van der Waals surface area contributed by atoms with E-state index in [0.717, 1.165) is 40.8 Å². The van der Waals surface area contributed by atoms with Crippen LogP contribution < -0.4 is 5.56 Å². The second-order valence-electron chi connectivity index (χ2n) is 6.81. The minimum absolute atomic E-state index is 0.00456. The summed E-state index contributed by atoms with van der Waals surface area (Å²) in [6, 6.07) is 9.85. The monoisotopic (exact) mass is 381 g/mol. The Balaban J connectivity index is 1.55. The number of nitrogens with zero attached hydrogens (tertiary/aromatic N) is 2. The third kappa shape index (κ3) is 3.29. The summed E-state index contributed by atoms with van der Waals surface area (Å²) in [7, 11) is 0. The van der Waals surface area contributed by atoms with Gasteiger partial charge < -0.3 is 4.98 Å². The fourth-order valence-electron chi connectivity index (χ4n) is 3.47. The van der Waals surface area contributed by atoms with Gasteiger partial charge in [0.05, 0.1) is 22.8 Å². The average Bonchev–Trinajstić information content (AvgIpc) is 2.99. The number of hydrogen-bond acceptors (Lipinski definition) is 5. The molecule has 0 fully saturated rings. The third-order valence-electron chi connectivity index (χ3n) is 4.85. The van der Waals surface area contributed by atoms with Crippen molar-refractivity contribution in [2.75, 3.05) is 0 Å². The molecule has 2 heterocycles. The van der Waals surface area contributed by atoms with Gasteiger partial charge in [0.1, 0.15) is 10.7 Å². The normalized spacial score (nSPS) is 16.4. The van der Waals surface area contributed by atoms with Gasteiger partial charge in [-0.05, 0) is 42.4 Å². The average molecular weight is 382 g/mol. The van der Waals surface area contributed by atoms with E-state index in [1.165, 1.54) is 10.4 Å². The number of thiophene rings is 1. The van der Waals surface area contributed by atoms with E-state index < -0.39 is 0 Å². The number of rotatable bonds is 4. The molecule has 1 aliphatic rings. The lowest BCUT2D eigenvalue weighted by Gasteiger charge is -2.17. The number of aryl methyl sites for hydroxylation is 1. The molecule has 1 N–H and O–H groups in total. The van der Waals surface area contributed by atoms with Crippen molar-refractivity contribution < 1.29 is 0 Å². The number of aromatic amines is 1. The Morgan fingerprint density at radius 1 is 1.38 bits per heavy atom. The molecule has 3 aromatic rings. The van der Waals surface area contributed by atoms with Gasteiger partial charge in [-0.3, -0.25) is 4.79 Å². The highest BCUT2D eigenvalue weighted by Crippen LogP contribution is 2.35. The van der Waals surface area contributed by atoms with Crippen molar-refractivity contribution in [1.29, 1.82) is 5.26 Å². The first-order valence-electron chi connectivity index (χ1n) is 8.75. The van der Waals surface area contributed by atoms with E-state index >= 15 is 0 Å². The van der Waals surface area contributed by atoms with Gasteiger partial charge in [0.2, 0.25) is 0 Å². The van der Waals surface area contributed by atoms with Gasteiger partial charge in [0.25, 0.3) is 5.56 Å². The lowest BCUT2D eigenvalue weighted by Crippen LogP contribution is -2.14. The molecule has 0 aliphatic heterocycles. The molecule has 4 nitrogen and oxygen atoms in total. The van der Waals surface area contributed by atoms with Gasteiger partial charge in [0, 0.05) is 10.6 Å². The van der Waals surface area contributed by atoms with Crippen molar-refractivity contribution in [3.8, 4) is 6.07 Å². The highest BCUT2D eigenvalue weighted by Gasteiger charge is 2.22. The lowest BCUT2D eigenvalue weighted by atomic mass is 9.89. The van der Waals surface area contributed by atoms with Crippen molar-refractivity contribution in [1.82, 2.24) is 9.97 Å². The molecule has 0 amide bonds. The molecule has 4 rings (SSSR count). The first kappa shape index (κ1) is 17.3. The fourth-order valence-corrected chi connectivity index (χ4v) is 5.78. The summed E-state index contributed by atoms with van der Waals surface area (Å²) < 4.78 is 0. The maximum Gasteiger partial charge on any atom is 0.259 e. The van der Waals surface area contributed by atoms with Gasteiger partial charge in [-0.2, -0.15) is 5.26 Å². The minimum atomic E-state index is -0.00456.